The highest BCUT2D eigenvalue weighted by Crippen LogP contribution is 2.30. The monoisotopic (exact) mass is 372 g/mol. The van der Waals surface area contributed by atoms with Gasteiger partial charge in [0.15, 0.2) is 0 Å². The fraction of sp³-hybridized carbons (Fsp3) is 0.208. The van der Waals surface area contributed by atoms with Crippen LogP contribution in [0.3, 0.4) is 0 Å². The molecule has 0 spiro atoms. The summed E-state index contributed by atoms with van der Waals surface area (Å²) in [7, 11) is 0. The second-order valence-corrected chi connectivity index (χ2v) is 7.98. The van der Waals surface area contributed by atoms with Crippen molar-refractivity contribution in [3.05, 3.63) is 83.9 Å². The highest BCUT2D eigenvalue weighted by molar-refractivity contribution is 7.99. The Bertz CT molecular complexity index is 1050. The molecule has 4 rings (SSSR count). The summed E-state index contributed by atoms with van der Waals surface area (Å²) >= 11 is 1.92. The lowest BCUT2D eigenvalue weighted by Crippen LogP contribution is -2.03. The summed E-state index contributed by atoms with van der Waals surface area (Å²) in [5, 5.41) is 0. The number of hydrogen-bond acceptors (Lipinski definition) is 2. The van der Waals surface area contributed by atoms with Crippen LogP contribution >= 0.6 is 11.8 Å². The summed E-state index contributed by atoms with van der Waals surface area (Å²) in [6.45, 7) is 5.23. The summed E-state index contributed by atoms with van der Waals surface area (Å²) < 4.78 is 2.36. The maximum absolute atomic E-state index is 4.98. The van der Waals surface area contributed by atoms with Gasteiger partial charge in [-0.2, -0.15) is 0 Å². The van der Waals surface area contributed by atoms with Crippen LogP contribution < -0.4 is 0 Å². The standard InChI is InChI=1S/C24H24N2S/c1-3-15-27-21-13-14-22-23(16-21)26(17-20-12-8-7-9-18(20)2)24(25-22)19-10-5-4-6-11-19/h4-14,16H,3,15,17H2,1-2H3. The van der Waals surface area contributed by atoms with Crippen LogP contribution in [0.5, 0.6) is 0 Å². The molecule has 0 aliphatic heterocycles. The minimum Gasteiger partial charge on any atom is -0.319 e. The number of aryl methyl sites for hydroxylation is 1. The van der Waals surface area contributed by atoms with Crippen LogP contribution in [0.4, 0.5) is 0 Å². The zero-order chi connectivity index (χ0) is 18.6. The predicted molar refractivity (Wildman–Crippen MR) is 116 cm³/mol. The predicted octanol–water partition coefficient (Wildman–Crippen LogP) is 6.56. The third kappa shape index (κ3) is 3.79. The van der Waals surface area contributed by atoms with E-state index in [1.165, 1.54) is 28.0 Å². The van der Waals surface area contributed by atoms with E-state index in [2.05, 4.69) is 91.2 Å². The average molecular weight is 373 g/mol. The minimum atomic E-state index is 0.829. The van der Waals surface area contributed by atoms with Gasteiger partial charge in [-0.3, -0.25) is 0 Å². The Morgan fingerprint density at radius 3 is 2.48 bits per heavy atom. The topological polar surface area (TPSA) is 17.8 Å². The molecule has 2 nitrogen and oxygen atoms in total. The molecule has 0 aliphatic carbocycles. The normalized spacial score (nSPS) is 11.2. The Hall–Kier alpha value is -2.52. The molecule has 0 fully saturated rings. The van der Waals surface area contributed by atoms with Crippen molar-refractivity contribution in [1.82, 2.24) is 9.55 Å². The second-order valence-electron chi connectivity index (χ2n) is 6.81. The lowest BCUT2D eigenvalue weighted by atomic mass is 10.1. The second kappa shape index (κ2) is 8.01. The molecule has 3 heteroatoms. The van der Waals surface area contributed by atoms with Gasteiger partial charge in [0, 0.05) is 17.0 Å². The van der Waals surface area contributed by atoms with E-state index in [1.807, 2.05) is 11.8 Å². The molecule has 27 heavy (non-hydrogen) atoms. The largest absolute Gasteiger partial charge is 0.319 e. The lowest BCUT2D eigenvalue weighted by molar-refractivity contribution is 0.827. The Morgan fingerprint density at radius 2 is 1.70 bits per heavy atom. The number of imidazole rings is 1. The number of aromatic nitrogens is 2. The van der Waals surface area contributed by atoms with Crippen LogP contribution in [0.15, 0.2) is 77.7 Å². The summed E-state index contributed by atoms with van der Waals surface area (Å²) in [6.07, 6.45) is 1.18. The van der Waals surface area contributed by atoms with Crippen LogP contribution in [0.1, 0.15) is 24.5 Å². The fourth-order valence-corrected chi connectivity index (χ4v) is 4.14. The van der Waals surface area contributed by atoms with Crippen molar-refractivity contribution in [2.75, 3.05) is 5.75 Å². The Kier molecular flexibility index (Phi) is 5.30. The van der Waals surface area contributed by atoms with Gasteiger partial charge in [0.1, 0.15) is 5.82 Å². The molecule has 3 aromatic carbocycles. The third-order valence-corrected chi connectivity index (χ3v) is 6.01. The first-order valence-electron chi connectivity index (χ1n) is 9.49. The highest BCUT2D eigenvalue weighted by Gasteiger charge is 2.14. The van der Waals surface area contributed by atoms with Crippen molar-refractivity contribution >= 4 is 22.8 Å². The zero-order valence-electron chi connectivity index (χ0n) is 15.9. The lowest BCUT2D eigenvalue weighted by Gasteiger charge is -2.12. The van der Waals surface area contributed by atoms with Gasteiger partial charge in [0.05, 0.1) is 11.0 Å². The highest BCUT2D eigenvalue weighted by atomic mass is 32.2. The molecule has 4 aromatic rings. The molecule has 0 radical (unpaired) electrons. The minimum absolute atomic E-state index is 0.829. The first kappa shape index (κ1) is 17.9. The smallest absolute Gasteiger partial charge is 0.141 e. The Labute approximate surface area is 165 Å². The van der Waals surface area contributed by atoms with Gasteiger partial charge in [0.25, 0.3) is 0 Å². The van der Waals surface area contributed by atoms with Crippen molar-refractivity contribution < 1.29 is 0 Å². The third-order valence-electron chi connectivity index (χ3n) is 4.81. The molecule has 1 aromatic heterocycles. The molecule has 0 saturated heterocycles. The van der Waals surface area contributed by atoms with Gasteiger partial charge in [-0.05, 0) is 48.4 Å². The summed E-state index contributed by atoms with van der Waals surface area (Å²) in [4.78, 5) is 6.30. The average Bonchev–Trinajstić information content (AvgIpc) is 3.06. The van der Waals surface area contributed by atoms with Crippen LogP contribution in [0.25, 0.3) is 22.4 Å². The summed E-state index contributed by atoms with van der Waals surface area (Å²) in [5.74, 6) is 2.18. The van der Waals surface area contributed by atoms with Gasteiger partial charge >= 0.3 is 0 Å². The molecule has 0 atom stereocenters. The van der Waals surface area contributed by atoms with E-state index in [9.17, 15) is 0 Å². The van der Waals surface area contributed by atoms with Gasteiger partial charge in [0.2, 0.25) is 0 Å². The summed E-state index contributed by atoms with van der Waals surface area (Å²) in [6, 6.07) is 25.8. The molecular weight excluding hydrogens is 348 g/mol. The van der Waals surface area contributed by atoms with E-state index in [4.69, 9.17) is 4.98 Å². The zero-order valence-corrected chi connectivity index (χ0v) is 16.7. The molecule has 0 N–H and O–H groups in total. The van der Waals surface area contributed by atoms with E-state index in [-0.39, 0.29) is 0 Å². The number of hydrogen-bond donors (Lipinski definition) is 0. The molecular formula is C24H24N2S. The Balaban J connectivity index is 1.87. The molecule has 1 heterocycles. The van der Waals surface area contributed by atoms with Gasteiger partial charge < -0.3 is 4.57 Å². The quantitative estimate of drug-likeness (QED) is 0.357. The molecule has 0 bridgehead atoms. The van der Waals surface area contributed by atoms with Crippen molar-refractivity contribution in [1.29, 1.82) is 0 Å². The number of nitrogens with zero attached hydrogens (tertiary/aromatic N) is 2. The first-order chi connectivity index (χ1) is 13.3. The van der Waals surface area contributed by atoms with Gasteiger partial charge in [-0.1, -0.05) is 61.5 Å². The van der Waals surface area contributed by atoms with Crippen molar-refractivity contribution in [3.63, 3.8) is 0 Å². The molecule has 0 saturated carbocycles. The summed E-state index contributed by atoms with van der Waals surface area (Å²) in [5.41, 5.74) is 6.07. The van der Waals surface area contributed by atoms with Crippen LogP contribution in [0.2, 0.25) is 0 Å². The van der Waals surface area contributed by atoms with Crippen molar-refractivity contribution in [2.45, 2.75) is 31.7 Å². The maximum Gasteiger partial charge on any atom is 0.141 e. The van der Waals surface area contributed by atoms with Crippen molar-refractivity contribution in [2.24, 2.45) is 0 Å². The number of fused-ring (bicyclic) bond motifs is 1. The van der Waals surface area contributed by atoms with Crippen LogP contribution in [-0.4, -0.2) is 15.3 Å². The van der Waals surface area contributed by atoms with Crippen LogP contribution in [-0.2, 0) is 6.54 Å². The van der Waals surface area contributed by atoms with E-state index in [1.54, 1.807) is 0 Å². The molecule has 136 valence electrons. The van der Waals surface area contributed by atoms with Gasteiger partial charge in [-0.15, -0.1) is 11.8 Å². The number of benzene rings is 3. The SMILES string of the molecule is CCCSc1ccc2nc(-c3ccccc3)n(Cc3ccccc3C)c2c1. The Morgan fingerprint density at radius 1 is 0.926 bits per heavy atom. The molecule has 0 aliphatic rings. The molecule has 0 unspecified atom stereocenters. The van der Waals surface area contributed by atoms with Gasteiger partial charge in [-0.25, -0.2) is 4.98 Å². The van der Waals surface area contributed by atoms with E-state index in [0.717, 1.165) is 29.2 Å². The van der Waals surface area contributed by atoms with E-state index in [0.29, 0.717) is 0 Å². The number of thioether (sulfide) groups is 1. The number of rotatable bonds is 6. The molecule has 0 amide bonds. The van der Waals surface area contributed by atoms with E-state index >= 15 is 0 Å². The van der Waals surface area contributed by atoms with Crippen molar-refractivity contribution in [3.8, 4) is 11.4 Å². The fourth-order valence-electron chi connectivity index (χ4n) is 3.34. The maximum atomic E-state index is 4.98. The first-order valence-corrected chi connectivity index (χ1v) is 10.5. The van der Waals surface area contributed by atoms with E-state index < -0.39 is 0 Å². The van der Waals surface area contributed by atoms with Crippen LogP contribution in [0, 0.1) is 6.92 Å².